The Bertz CT molecular complexity index is 647. The fourth-order valence-electron chi connectivity index (χ4n) is 2.44. The van der Waals surface area contributed by atoms with Crippen molar-refractivity contribution < 1.29 is 4.39 Å². The van der Waals surface area contributed by atoms with Crippen molar-refractivity contribution in [2.75, 3.05) is 16.9 Å². The number of hydrogen-bond donors (Lipinski definition) is 2. The molecule has 4 nitrogen and oxygen atoms in total. The van der Waals surface area contributed by atoms with E-state index < -0.39 is 0 Å². The first-order valence-electron chi connectivity index (χ1n) is 6.33. The summed E-state index contributed by atoms with van der Waals surface area (Å²) in [6, 6.07) is 8.34. The van der Waals surface area contributed by atoms with Crippen LogP contribution in [0.4, 0.5) is 15.9 Å². The summed E-state index contributed by atoms with van der Waals surface area (Å²) in [6.07, 6.45) is 0.905. The Hall–Kier alpha value is -1.85. The van der Waals surface area contributed by atoms with Crippen molar-refractivity contribution in [3.05, 3.63) is 52.4 Å². The number of rotatable bonds is 3. The number of fused-ring (bicyclic) bond motifs is 1. The van der Waals surface area contributed by atoms with Gasteiger partial charge in [-0.05, 0) is 36.2 Å². The van der Waals surface area contributed by atoms with Crippen LogP contribution in [0.1, 0.15) is 11.3 Å². The van der Waals surface area contributed by atoms with Crippen molar-refractivity contribution in [2.24, 2.45) is 5.84 Å². The Morgan fingerprint density at radius 1 is 1.35 bits per heavy atom. The number of nitrogens with zero attached hydrogens (tertiary/aromatic N) is 2. The lowest BCUT2D eigenvalue weighted by Gasteiger charge is -2.20. The number of nitrogens with one attached hydrogen (secondary N) is 1. The Kier molecular flexibility index (Phi) is 3.46. The summed E-state index contributed by atoms with van der Waals surface area (Å²) in [4.78, 5) is 6.42. The summed E-state index contributed by atoms with van der Waals surface area (Å²) >= 11 is 6.16. The van der Waals surface area contributed by atoms with Crippen molar-refractivity contribution in [1.29, 1.82) is 0 Å². The fourth-order valence-corrected chi connectivity index (χ4v) is 2.60. The minimum absolute atomic E-state index is 0.230. The molecule has 0 unspecified atom stereocenters. The van der Waals surface area contributed by atoms with Gasteiger partial charge in [-0.25, -0.2) is 15.2 Å². The summed E-state index contributed by atoms with van der Waals surface area (Å²) in [5.41, 5.74) is 5.28. The van der Waals surface area contributed by atoms with Crippen LogP contribution < -0.4 is 16.2 Å². The molecule has 3 N–H and O–H groups in total. The van der Waals surface area contributed by atoms with Crippen LogP contribution in [0, 0.1) is 5.82 Å². The summed E-state index contributed by atoms with van der Waals surface area (Å²) in [7, 11) is 0. The number of pyridine rings is 1. The van der Waals surface area contributed by atoms with Crippen molar-refractivity contribution in [2.45, 2.75) is 13.0 Å². The van der Waals surface area contributed by atoms with Crippen LogP contribution in [0.5, 0.6) is 0 Å². The van der Waals surface area contributed by atoms with E-state index in [1.165, 1.54) is 6.07 Å². The van der Waals surface area contributed by atoms with E-state index in [0.717, 1.165) is 29.9 Å². The van der Waals surface area contributed by atoms with E-state index >= 15 is 0 Å². The van der Waals surface area contributed by atoms with E-state index in [1.807, 2.05) is 6.07 Å². The average Bonchev–Trinajstić information content (AvgIpc) is 2.84. The molecule has 104 valence electrons. The minimum atomic E-state index is -0.230. The predicted octanol–water partition coefficient (Wildman–Crippen LogP) is 2.72. The number of hydrogen-bond acceptors (Lipinski definition) is 4. The molecule has 1 aromatic carbocycles. The third kappa shape index (κ3) is 2.42. The van der Waals surface area contributed by atoms with Crippen LogP contribution in [0.3, 0.4) is 0 Å². The van der Waals surface area contributed by atoms with E-state index in [9.17, 15) is 4.39 Å². The molecule has 0 bridgehead atoms. The highest BCUT2D eigenvalue weighted by molar-refractivity contribution is 6.31. The normalized spacial score (nSPS) is 13.4. The second-order valence-electron chi connectivity index (χ2n) is 4.71. The Morgan fingerprint density at radius 2 is 2.20 bits per heavy atom. The lowest BCUT2D eigenvalue weighted by molar-refractivity contribution is 0.627. The van der Waals surface area contributed by atoms with Crippen molar-refractivity contribution in [3.8, 4) is 0 Å². The number of nitrogens with two attached hydrogens (primary N) is 1. The van der Waals surface area contributed by atoms with Crippen LogP contribution in [-0.4, -0.2) is 11.5 Å². The standard InChI is InChI=1S/C14H14ClFN4/c15-11-3-4-14(19-17)18-12(11)8-20-6-5-9-1-2-10(16)7-13(9)20/h1-4,7H,5-6,8,17H2,(H,18,19). The molecule has 0 spiro atoms. The van der Waals surface area contributed by atoms with Gasteiger partial charge in [-0.1, -0.05) is 17.7 Å². The number of anilines is 2. The SMILES string of the molecule is NNc1ccc(Cl)c(CN2CCc3ccc(F)cc32)n1. The second-order valence-corrected chi connectivity index (χ2v) is 5.12. The molecule has 2 heterocycles. The van der Waals surface area contributed by atoms with Gasteiger partial charge in [0.05, 0.1) is 17.3 Å². The molecule has 0 saturated carbocycles. The summed E-state index contributed by atoms with van der Waals surface area (Å²) in [5, 5.41) is 0.578. The maximum atomic E-state index is 13.4. The molecule has 0 aliphatic carbocycles. The quantitative estimate of drug-likeness (QED) is 0.675. The highest BCUT2D eigenvalue weighted by atomic mass is 35.5. The lowest BCUT2D eigenvalue weighted by atomic mass is 10.2. The molecule has 1 aromatic heterocycles. The number of aromatic nitrogens is 1. The molecule has 1 aliphatic rings. The Balaban J connectivity index is 1.89. The van der Waals surface area contributed by atoms with Gasteiger partial charge in [-0.3, -0.25) is 0 Å². The predicted molar refractivity (Wildman–Crippen MR) is 78.2 cm³/mol. The zero-order chi connectivity index (χ0) is 14.1. The molecular weight excluding hydrogens is 279 g/mol. The highest BCUT2D eigenvalue weighted by Gasteiger charge is 2.21. The van der Waals surface area contributed by atoms with Crippen LogP contribution in [0.25, 0.3) is 0 Å². The molecule has 1 aliphatic heterocycles. The van der Waals surface area contributed by atoms with Crippen molar-refractivity contribution >= 4 is 23.1 Å². The van der Waals surface area contributed by atoms with Crippen molar-refractivity contribution in [1.82, 2.24) is 4.98 Å². The molecule has 2 aromatic rings. The number of nitrogen functional groups attached to an aromatic ring is 1. The molecule has 20 heavy (non-hydrogen) atoms. The highest BCUT2D eigenvalue weighted by Crippen LogP contribution is 2.31. The zero-order valence-corrected chi connectivity index (χ0v) is 11.5. The van der Waals surface area contributed by atoms with E-state index in [0.29, 0.717) is 17.4 Å². The second kappa shape index (κ2) is 5.26. The van der Waals surface area contributed by atoms with Gasteiger partial charge in [0, 0.05) is 12.2 Å². The smallest absolute Gasteiger partial charge is 0.140 e. The zero-order valence-electron chi connectivity index (χ0n) is 10.7. The van der Waals surface area contributed by atoms with Crippen LogP contribution in [0.2, 0.25) is 5.02 Å². The molecule has 3 rings (SSSR count). The summed E-state index contributed by atoms with van der Waals surface area (Å²) in [6.45, 7) is 1.36. The third-order valence-electron chi connectivity index (χ3n) is 3.45. The first kappa shape index (κ1) is 13.1. The maximum absolute atomic E-state index is 13.4. The van der Waals surface area contributed by atoms with Crippen molar-refractivity contribution in [3.63, 3.8) is 0 Å². The van der Waals surface area contributed by atoms with Gasteiger partial charge in [0.15, 0.2) is 0 Å². The van der Waals surface area contributed by atoms with Crippen LogP contribution >= 0.6 is 11.6 Å². The topological polar surface area (TPSA) is 54.2 Å². The summed E-state index contributed by atoms with van der Waals surface area (Å²) in [5.74, 6) is 5.68. The Morgan fingerprint density at radius 3 is 3.00 bits per heavy atom. The number of hydrazine groups is 1. The van der Waals surface area contributed by atoms with E-state index in [2.05, 4.69) is 15.3 Å². The van der Waals surface area contributed by atoms with E-state index in [-0.39, 0.29) is 5.82 Å². The summed E-state index contributed by atoms with van der Waals surface area (Å²) < 4.78 is 13.4. The van der Waals surface area contributed by atoms with Gasteiger partial charge in [0.25, 0.3) is 0 Å². The van der Waals surface area contributed by atoms with Gasteiger partial charge in [-0.2, -0.15) is 0 Å². The third-order valence-corrected chi connectivity index (χ3v) is 3.79. The van der Waals surface area contributed by atoms with Gasteiger partial charge < -0.3 is 10.3 Å². The van der Waals surface area contributed by atoms with Gasteiger partial charge in [0.2, 0.25) is 0 Å². The molecule has 0 radical (unpaired) electrons. The number of benzene rings is 1. The van der Waals surface area contributed by atoms with Crippen LogP contribution in [0.15, 0.2) is 30.3 Å². The lowest BCUT2D eigenvalue weighted by Crippen LogP contribution is -2.21. The molecule has 0 amide bonds. The monoisotopic (exact) mass is 292 g/mol. The average molecular weight is 293 g/mol. The molecular formula is C14H14ClFN4. The molecule has 0 fully saturated rings. The van der Waals surface area contributed by atoms with E-state index in [4.69, 9.17) is 17.4 Å². The maximum Gasteiger partial charge on any atom is 0.140 e. The fraction of sp³-hybridized carbons (Fsp3) is 0.214. The van der Waals surface area contributed by atoms with Gasteiger partial charge in [-0.15, -0.1) is 0 Å². The first-order valence-corrected chi connectivity index (χ1v) is 6.70. The van der Waals surface area contributed by atoms with Crippen LogP contribution in [-0.2, 0) is 13.0 Å². The van der Waals surface area contributed by atoms with E-state index in [1.54, 1.807) is 18.2 Å². The minimum Gasteiger partial charge on any atom is -0.365 e. The molecule has 6 heteroatoms. The van der Waals surface area contributed by atoms with Gasteiger partial charge >= 0.3 is 0 Å². The number of halogens is 2. The Labute approximate surface area is 121 Å². The first-order chi connectivity index (χ1) is 9.67. The van der Waals surface area contributed by atoms with Gasteiger partial charge in [0.1, 0.15) is 11.6 Å². The molecule has 0 atom stereocenters. The molecule has 0 saturated heterocycles. The largest absolute Gasteiger partial charge is 0.365 e.